The van der Waals surface area contributed by atoms with Crippen molar-refractivity contribution in [2.45, 2.75) is 0 Å². The molecule has 3 nitrogen and oxygen atoms in total. The van der Waals surface area contributed by atoms with Gasteiger partial charge in [0.2, 0.25) is 12.3 Å². The number of halogens is 1. The maximum atomic E-state index is 5.78. The number of hydrogen-bond acceptors (Lipinski definition) is 4. The molecule has 88 valence electrons. The van der Waals surface area contributed by atoms with Crippen LogP contribution in [0.4, 0.5) is 0 Å². The molecule has 0 heterocycles. The number of hydrogen-bond donors (Lipinski definition) is 0. The molecule has 0 radical (unpaired) electrons. The predicted octanol–water partition coefficient (Wildman–Crippen LogP) is 3.63. The normalized spacial score (nSPS) is 13.2. The van der Waals surface area contributed by atoms with Crippen molar-refractivity contribution in [1.82, 2.24) is 0 Å². The van der Waals surface area contributed by atoms with Gasteiger partial charge in [-0.25, -0.2) is 0 Å². The van der Waals surface area contributed by atoms with Crippen molar-refractivity contribution in [1.29, 1.82) is 0 Å². The van der Waals surface area contributed by atoms with Gasteiger partial charge in [0.1, 0.15) is 0 Å². The summed E-state index contributed by atoms with van der Waals surface area (Å²) >= 11 is 5.96. The molecule has 0 aliphatic rings. The lowest BCUT2D eigenvalue weighted by atomic mass is 10.2. The fourth-order valence-corrected chi connectivity index (χ4v) is 2.22. The van der Waals surface area contributed by atoms with Crippen LogP contribution in [0.25, 0.3) is 6.08 Å². The largest absolute Gasteiger partial charge is 0.363 e. The first kappa shape index (κ1) is 13.9. The molecule has 0 saturated carbocycles. The van der Waals surface area contributed by atoms with E-state index in [2.05, 4.69) is 0 Å². The molecule has 1 aromatic rings. The zero-order valence-electron chi connectivity index (χ0n) is 8.88. The van der Waals surface area contributed by atoms with Gasteiger partial charge in [0.25, 0.3) is 0 Å². The maximum Gasteiger partial charge on any atom is 0.363 e. The summed E-state index contributed by atoms with van der Waals surface area (Å²) in [4.78, 5) is 0. The molecule has 0 fully saturated rings. The van der Waals surface area contributed by atoms with E-state index in [1.807, 2.05) is 35.7 Å². The SMILES string of the molecule is COSO[S+](/C=C/c1ccc(Cl)cc1)OC. The molecular formula is C10H12ClO3S2+. The third-order valence-electron chi connectivity index (χ3n) is 1.57. The number of rotatable bonds is 6. The zero-order valence-corrected chi connectivity index (χ0v) is 11.3. The summed E-state index contributed by atoms with van der Waals surface area (Å²) in [6.07, 6.45) is 1.90. The molecule has 1 aromatic carbocycles. The molecule has 1 rings (SSSR count). The minimum Gasteiger partial charge on any atom is -0.291 e. The van der Waals surface area contributed by atoms with E-state index in [1.165, 1.54) is 7.11 Å². The minimum atomic E-state index is -0.713. The van der Waals surface area contributed by atoms with E-state index in [0.717, 1.165) is 17.9 Å². The van der Waals surface area contributed by atoms with Crippen LogP contribution in [0.15, 0.2) is 29.7 Å². The summed E-state index contributed by atoms with van der Waals surface area (Å²) in [6.45, 7) is 0. The molecule has 0 saturated heterocycles. The van der Waals surface area contributed by atoms with Gasteiger partial charge in [0.05, 0.1) is 14.2 Å². The molecular weight excluding hydrogens is 268 g/mol. The van der Waals surface area contributed by atoms with Gasteiger partial charge in [-0.05, 0) is 27.4 Å². The lowest BCUT2D eigenvalue weighted by Gasteiger charge is -1.95. The smallest absolute Gasteiger partial charge is 0.291 e. The molecule has 0 aromatic heterocycles. The first-order chi connectivity index (χ1) is 7.76. The maximum absolute atomic E-state index is 5.78. The first-order valence-electron chi connectivity index (χ1n) is 4.35. The van der Waals surface area contributed by atoms with Crippen LogP contribution in [-0.4, -0.2) is 14.2 Å². The Balaban J connectivity index is 2.53. The minimum absolute atomic E-state index is 0.713. The highest BCUT2D eigenvalue weighted by Gasteiger charge is 2.18. The standard InChI is InChI=1S/C10H12ClO3S2/c1-12-15-14-16(13-2)8-7-9-3-5-10(11)6-4-9/h3-8H,1-2H3/q+1/b8-7+. The van der Waals surface area contributed by atoms with Crippen molar-refractivity contribution in [3.05, 3.63) is 40.3 Å². The van der Waals surface area contributed by atoms with Crippen LogP contribution in [0.2, 0.25) is 5.02 Å². The molecule has 0 spiro atoms. The lowest BCUT2D eigenvalue weighted by molar-refractivity contribution is 0.406. The fourth-order valence-electron chi connectivity index (χ4n) is 0.869. The van der Waals surface area contributed by atoms with Crippen LogP contribution in [-0.2, 0) is 23.5 Å². The second-order valence-electron chi connectivity index (χ2n) is 2.58. The Bertz CT molecular complexity index is 329. The van der Waals surface area contributed by atoms with Crippen LogP contribution in [0, 0.1) is 0 Å². The van der Waals surface area contributed by atoms with Crippen LogP contribution in [0.1, 0.15) is 5.56 Å². The summed E-state index contributed by atoms with van der Waals surface area (Å²) in [6, 6.07) is 7.49. The van der Waals surface area contributed by atoms with E-state index in [9.17, 15) is 0 Å². The Morgan fingerprint density at radius 3 is 2.50 bits per heavy atom. The van der Waals surface area contributed by atoms with Gasteiger partial charge < -0.3 is 0 Å². The quantitative estimate of drug-likeness (QED) is 0.587. The molecule has 1 atom stereocenters. The summed E-state index contributed by atoms with van der Waals surface area (Å²) < 4.78 is 15.0. The van der Waals surface area contributed by atoms with Gasteiger partial charge in [0.15, 0.2) is 5.41 Å². The topological polar surface area (TPSA) is 27.7 Å². The van der Waals surface area contributed by atoms with Crippen molar-refractivity contribution in [3.8, 4) is 0 Å². The van der Waals surface area contributed by atoms with Crippen molar-refractivity contribution < 1.29 is 12.0 Å². The highest BCUT2D eigenvalue weighted by Crippen LogP contribution is 2.16. The molecule has 0 aliphatic heterocycles. The molecule has 0 aliphatic carbocycles. The summed E-state index contributed by atoms with van der Waals surface area (Å²) in [5.41, 5.74) is 1.03. The van der Waals surface area contributed by atoms with Crippen molar-refractivity contribution in [2.75, 3.05) is 14.2 Å². The van der Waals surface area contributed by atoms with Crippen LogP contribution < -0.4 is 0 Å². The predicted molar refractivity (Wildman–Crippen MR) is 70.5 cm³/mol. The van der Waals surface area contributed by atoms with Crippen molar-refractivity contribution in [2.24, 2.45) is 0 Å². The van der Waals surface area contributed by atoms with Crippen LogP contribution in [0.5, 0.6) is 0 Å². The summed E-state index contributed by atoms with van der Waals surface area (Å²) in [7, 11) is 3.11. The van der Waals surface area contributed by atoms with E-state index in [-0.39, 0.29) is 0 Å². The molecule has 6 heteroatoms. The van der Waals surface area contributed by atoms with Crippen molar-refractivity contribution >= 4 is 41.5 Å². The molecule has 1 unspecified atom stereocenters. The van der Waals surface area contributed by atoms with E-state index >= 15 is 0 Å². The summed E-state index contributed by atoms with van der Waals surface area (Å²) in [5, 5.41) is 2.53. The Morgan fingerprint density at radius 1 is 1.25 bits per heavy atom. The molecule has 0 N–H and O–H groups in total. The molecule has 16 heavy (non-hydrogen) atoms. The Kier molecular flexibility index (Phi) is 6.95. The zero-order chi connectivity index (χ0) is 11.8. The Labute approximate surface area is 108 Å². The average molecular weight is 280 g/mol. The monoisotopic (exact) mass is 279 g/mol. The van der Waals surface area contributed by atoms with Gasteiger partial charge in [-0.1, -0.05) is 23.7 Å². The van der Waals surface area contributed by atoms with Crippen molar-refractivity contribution in [3.63, 3.8) is 0 Å². The van der Waals surface area contributed by atoms with Gasteiger partial charge in [-0.2, -0.15) is 0 Å². The van der Waals surface area contributed by atoms with E-state index in [1.54, 1.807) is 7.11 Å². The Morgan fingerprint density at radius 2 is 1.94 bits per heavy atom. The first-order valence-corrected chi connectivity index (χ1v) is 6.53. The molecule has 0 amide bonds. The van der Waals surface area contributed by atoms with Gasteiger partial charge in [-0.15, -0.1) is 4.18 Å². The molecule has 0 bridgehead atoms. The van der Waals surface area contributed by atoms with Crippen LogP contribution >= 0.6 is 23.9 Å². The van der Waals surface area contributed by atoms with E-state index in [0.29, 0.717) is 5.02 Å². The summed E-state index contributed by atoms with van der Waals surface area (Å²) in [5.74, 6) is 0. The Hall–Kier alpha value is -0.170. The third-order valence-corrected chi connectivity index (χ3v) is 3.40. The third kappa shape index (κ3) is 5.25. The second-order valence-corrected chi connectivity index (χ2v) is 5.16. The highest BCUT2D eigenvalue weighted by molar-refractivity contribution is 8.03. The van der Waals surface area contributed by atoms with Gasteiger partial charge in [-0.3, -0.25) is 4.18 Å². The van der Waals surface area contributed by atoms with Crippen LogP contribution in [0.3, 0.4) is 0 Å². The number of benzene rings is 1. The fraction of sp³-hybridized carbons (Fsp3) is 0.200. The highest BCUT2D eigenvalue weighted by atomic mass is 35.5. The van der Waals surface area contributed by atoms with E-state index < -0.39 is 11.5 Å². The van der Waals surface area contributed by atoms with Gasteiger partial charge >= 0.3 is 11.5 Å². The van der Waals surface area contributed by atoms with E-state index in [4.69, 9.17) is 23.6 Å². The van der Waals surface area contributed by atoms with Gasteiger partial charge in [0, 0.05) is 5.02 Å². The lowest BCUT2D eigenvalue weighted by Crippen LogP contribution is -1.99. The average Bonchev–Trinajstić information content (AvgIpc) is 2.32. The second kappa shape index (κ2) is 8.00.